The highest BCUT2D eigenvalue weighted by Crippen LogP contribution is 2.30. The van der Waals surface area contributed by atoms with Gasteiger partial charge in [-0.2, -0.15) is 13.2 Å². The number of nitrogens with one attached hydrogen (secondary N) is 1. The monoisotopic (exact) mass is 279 g/mol. The minimum Gasteiger partial charge on any atom is -0.397 e. The van der Waals surface area contributed by atoms with Crippen LogP contribution in [0.25, 0.3) is 0 Å². The Kier molecular flexibility index (Phi) is 4.71. The van der Waals surface area contributed by atoms with E-state index in [4.69, 9.17) is 11.5 Å². The van der Waals surface area contributed by atoms with Gasteiger partial charge in [0, 0.05) is 12.3 Å². The van der Waals surface area contributed by atoms with Crippen molar-refractivity contribution < 1.29 is 18.0 Å². The predicted molar refractivity (Wildman–Crippen MR) is 66.4 cm³/mol. The molecular formula is C10H12F3N3OS. The number of para-hydroxylation sites is 1. The lowest BCUT2D eigenvalue weighted by Gasteiger charge is -2.13. The van der Waals surface area contributed by atoms with E-state index < -0.39 is 11.4 Å². The minimum atomic E-state index is -4.27. The fourth-order valence-corrected chi connectivity index (χ4v) is 1.75. The van der Waals surface area contributed by atoms with Gasteiger partial charge in [-0.1, -0.05) is 6.07 Å². The van der Waals surface area contributed by atoms with Crippen molar-refractivity contribution in [1.82, 2.24) is 0 Å². The number of carbonyl (C=O) groups excluding carboxylic acids is 1. The fraction of sp³-hybridized carbons (Fsp3) is 0.300. The molecule has 1 amide bonds. The SMILES string of the molecule is NC(=O)c1cccc(N)c1NCCSC(F)(F)F. The van der Waals surface area contributed by atoms with Crippen molar-refractivity contribution in [2.45, 2.75) is 5.51 Å². The number of hydrogen-bond acceptors (Lipinski definition) is 4. The Balaban J connectivity index is 2.64. The van der Waals surface area contributed by atoms with Crippen molar-refractivity contribution in [3.63, 3.8) is 0 Å². The molecule has 1 aromatic carbocycles. The summed E-state index contributed by atoms with van der Waals surface area (Å²) < 4.78 is 35.7. The van der Waals surface area contributed by atoms with E-state index in [1.54, 1.807) is 6.07 Å². The first kappa shape index (κ1) is 14.5. The average molecular weight is 279 g/mol. The summed E-state index contributed by atoms with van der Waals surface area (Å²) in [5, 5.41) is 2.69. The molecule has 0 heterocycles. The lowest BCUT2D eigenvalue weighted by atomic mass is 10.1. The van der Waals surface area contributed by atoms with E-state index in [9.17, 15) is 18.0 Å². The largest absolute Gasteiger partial charge is 0.441 e. The van der Waals surface area contributed by atoms with Crippen LogP contribution in [0.15, 0.2) is 18.2 Å². The van der Waals surface area contributed by atoms with Crippen molar-refractivity contribution in [2.75, 3.05) is 23.3 Å². The summed E-state index contributed by atoms with van der Waals surface area (Å²) in [6.45, 7) is 0.0265. The van der Waals surface area contributed by atoms with E-state index >= 15 is 0 Å². The van der Waals surface area contributed by atoms with Gasteiger partial charge in [0.15, 0.2) is 0 Å². The number of amides is 1. The Morgan fingerprint density at radius 3 is 2.61 bits per heavy atom. The Bertz CT molecular complexity index is 437. The Morgan fingerprint density at radius 1 is 1.39 bits per heavy atom. The molecule has 5 N–H and O–H groups in total. The minimum absolute atomic E-state index is 0.0265. The molecule has 18 heavy (non-hydrogen) atoms. The summed E-state index contributed by atoms with van der Waals surface area (Å²) in [4.78, 5) is 11.1. The van der Waals surface area contributed by atoms with Crippen LogP contribution in [0.4, 0.5) is 24.5 Å². The molecule has 0 unspecified atom stereocenters. The molecule has 0 fully saturated rings. The molecule has 4 nitrogen and oxygen atoms in total. The zero-order valence-electron chi connectivity index (χ0n) is 9.25. The standard InChI is InChI=1S/C10H12F3N3OS/c11-10(12,13)18-5-4-16-8-6(9(15)17)2-1-3-7(8)14/h1-3,16H,4-5,14H2,(H2,15,17). The van der Waals surface area contributed by atoms with Gasteiger partial charge in [0.05, 0.1) is 16.9 Å². The number of carbonyl (C=O) groups is 1. The third kappa shape index (κ3) is 4.36. The van der Waals surface area contributed by atoms with Crippen molar-refractivity contribution in [2.24, 2.45) is 5.73 Å². The predicted octanol–water partition coefficient (Wildman–Crippen LogP) is 2.03. The quantitative estimate of drug-likeness (QED) is 0.569. The average Bonchev–Trinajstić information content (AvgIpc) is 2.24. The highest BCUT2D eigenvalue weighted by Gasteiger charge is 2.27. The first-order valence-corrected chi connectivity index (χ1v) is 5.92. The van der Waals surface area contributed by atoms with Gasteiger partial charge in [0.1, 0.15) is 0 Å². The molecule has 0 aliphatic carbocycles. The first-order chi connectivity index (χ1) is 8.31. The molecule has 0 aromatic heterocycles. The van der Waals surface area contributed by atoms with Crippen LogP contribution in [-0.4, -0.2) is 23.7 Å². The molecule has 0 saturated heterocycles. The number of halogens is 3. The second-order valence-electron chi connectivity index (χ2n) is 3.36. The Morgan fingerprint density at radius 2 is 2.06 bits per heavy atom. The molecule has 0 spiro atoms. The molecule has 1 aromatic rings. The maximum Gasteiger partial charge on any atom is 0.441 e. The second kappa shape index (κ2) is 5.85. The van der Waals surface area contributed by atoms with E-state index in [0.29, 0.717) is 0 Å². The van der Waals surface area contributed by atoms with Crippen LogP contribution < -0.4 is 16.8 Å². The molecule has 0 aliphatic rings. The highest BCUT2D eigenvalue weighted by atomic mass is 32.2. The molecule has 8 heteroatoms. The van der Waals surface area contributed by atoms with Gasteiger partial charge < -0.3 is 16.8 Å². The fourth-order valence-electron chi connectivity index (χ4n) is 1.32. The number of rotatable bonds is 5. The number of benzene rings is 1. The van der Waals surface area contributed by atoms with Gasteiger partial charge in [0.2, 0.25) is 0 Å². The van der Waals surface area contributed by atoms with Crippen LogP contribution in [0.5, 0.6) is 0 Å². The number of nitrogens with two attached hydrogens (primary N) is 2. The topological polar surface area (TPSA) is 81.1 Å². The highest BCUT2D eigenvalue weighted by molar-refractivity contribution is 8.00. The van der Waals surface area contributed by atoms with Crippen molar-refractivity contribution in [3.05, 3.63) is 23.8 Å². The summed E-state index contributed by atoms with van der Waals surface area (Å²) in [6.07, 6.45) is 0. The van der Waals surface area contributed by atoms with Crippen LogP contribution in [-0.2, 0) is 0 Å². The van der Waals surface area contributed by atoms with Gasteiger partial charge in [-0.3, -0.25) is 4.79 Å². The van der Waals surface area contributed by atoms with Gasteiger partial charge in [0.25, 0.3) is 5.91 Å². The molecule has 0 bridgehead atoms. The van der Waals surface area contributed by atoms with Crippen LogP contribution in [0.1, 0.15) is 10.4 Å². The number of nitrogen functional groups attached to an aromatic ring is 1. The zero-order valence-corrected chi connectivity index (χ0v) is 10.1. The van der Waals surface area contributed by atoms with Crippen molar-refractivity contribution >= 4 is 29.0 Å². The summed E-state index contributed by atoms with van der Waals surface area (Å²) in [6, 6.07) is 4.54. The molecule has 0 atom stereocenters. The smallest absolute Gasteiger partial charge is 0.397 e. The van der Waals surface area contributed by atoms with E-state index in [0.717, 1.165) is 0 Å². The number of primary amides is 1. The van der Waals surface area contributed by atoms with Crippen LogP contribution >= 0.6 is 11.8 Å². The number of hydrogen-bond donors (Lipinski definition) is 3. The number of anilines is 2. The molecule has 0 radical (unpaired) electrons. The summed E-state index contributed by atoms with van der Waals surface area (Å²) in [5.41, 5.74) is 7.20. The maximum absolute atomic E-state index is 11.9. The van der Waals surface area contributed by atoms with Crippen LogP contribution in [0.2, 0.25) is 0 Å². The van der Waals surface area contributed by atoms with Crippen LogP contribution in [0.3, 0.4) is 0 Å². The van der Waals surface area contributed by atoms with Gasteiger partial charge in [-0.25, -0.2) is 0 Å². The van der Waals surface area contributed by atoms with E-state index in [-0.39, 0.29) is 41.0 Å². The lowest BCUT2D eigenvalue weighted by molar-refractivity contribution is -0.0327. The molecule has 1 rings (SSSR count). The number of alkyl halides is 3. The lowest BCUT2D eigenvalue weighted by Crippen LogP contribution is -2.17. The number of thioether (sulfide) groups is 1. The molecule has 100 valence electrons. The van der Waals surface area contributed by atoms with Crippen LogP contribution in [0, 0.1) is 0 Å². The third-order valence-corrected chi connectivity index (χ3v) is 2.77. The van der Waals surface area contributed by atoms with E-state index in [1.807, 2.05) is 0 Å². The summed E-state index contributed by atoms with van der Waals surface area (Å²) in [5.74, 6) is -0.871. The van der Waals surface area contributed by atoms with E-state index in [2.05, 4.69) is 5.32 Å². The zero-order chi connectivity index (χ0) is 13.8. The second-order valence-corrected chi connectivity index (χ2v) is 4.51. The maximum atomic E-state index is 11.9. The summed E-state index contributed by atoms with van der Waals surface area (Å²) >= 11 is -0.147. The molecule has 0 saturated carbocycles. The molecular weight excluding hydrogens is 267 g/mol. The first-order valence-electron chi connectivity index (χ1n) is 4.94. The van der Waals surface area contributed by atoms with Gasteiger partial charge >= 0.3 is 5.51 Å². The van der Waals surface area contributed by atoms with Crippen molar-refractivity contribution in [3.8, 4) is 0 Å². The van der Waals surface area contributed by atoms with Gasteiger partial charge in [-0.05, 0) is 23.9 Å². The normalized spacial score (nSPS) is 11.3. The van der Waals surface area contributed by atoms with Gasteiger partial charge in [-0.15, -0.1) is 0 Å². The Hall–Kier alpha value is -1.57. The van der Waals surface area contributed by atoms with E-state index in [1.165, 1.54) is 12.1 Å². The molecule has 0 aliphatic heterocycles. The third-order valence-electron chi connectivity index (χ3n) is 2.03. The summed E-state index contributed by atoms with van der Waals surface area (Å²) in [7, 11) is 0. The van der Waals surface area contributed by atoms with Crippen molar-refractivity contribution in [1.29, 1.82) is 0 Å². The Labute approximate surface area is 106 Å².